The van der Waals surface area contributed by atoms with Crippen molar-refractivity contribution in [3.8, 4) is 0 Å². The number of esters is 1. The van der Waals surface area contributed by atoms with Crippen molar-refractivity contribution in [3.63, 3.8) is 0 Å². The molecule has 0 aromatic rings. The Labute approximate surface area is 83.2 Å². The lowest BCUT2D eigenvalue weighted by molar-refractivity contribution is -0.306. The molecule has 1 unspecified atom stereocenters. The Morgan fingerprint density at radius 3 is 2.21 bits per heavy atom. The first kappa shape index (κ1) is 12.9. The molecule has 0 amide bonds. The van der Waals surface area contributed by atoms with Crippen LogP contribution in [0, 0.1) is 0 Å². The van der Waals surface area contributed by atoms with Gasteiger partial charge in [-0.05, 0) is 20.8 Å². The second-order valence-electron chi connectivity index (χ2n) is 4.13. The molecule has 0 aliphatic carbocycles. The number of hydrogen-bond donors (Lipinski definition) is 1. The molecule has 0 radical (unpaired) electrons. The minimum Gasteiger partial charge on any atom is -0.550 e. The molecule has 0 aliphatic heterocycles. The molecule has 5 nitrogen and oxygen atoms in total. The molecule has 2 N–H and O–H groups in total. The van der Waals surface area contributed by atoms with E-state index in [9.17, 15) is 14.7 Å². The monoisotopic (exact) mass is 202 g/mol. The van der Waals surface area contributed by atoms with Crippen molar-refractivity contribution in [2.24, 2.45) is 5.73 Å². The molecule has 0 fully saturated rings. The van der Waals surface area contributed by atoms with Gasteiger partial charge in [0.05, 0.1) is 6.42 Å². The molecular weight excluding hydrogens is 186 g/mol. The summed E-state index contributed by atoms with van der Waals surface area (Å²) in [4.78, 5) is 21.3. The summed E-state index contributed by atoms with van der Waals surface area (Å²) >= 11 is 0. The zero-order valence-corrected chi connectivity index (χ0v) is 8.70. The predicted molar refractivity (Wildman–Crippen MR) is 48.1 cm³/mol. The first-order chi connectivity index (χ1) is 6.20. The van der Waals surface area contributed by atoms with Gasteiger partial charge in [-0.2, -0.15) is 0 Å². The van der Waals surface area contributed by atoms with E-state index in [2.05, 4.69) is 0 Å². The maximum atomic E-state index is 11.1. The van der Waals surface area contributed by atoms with Crippen LogP contribution in [0.3, 0.4) is 0 Å². The molecule has 5 heteroatoms. The van der Waals surface area contributed by atoms with E-state index in [0.717, 1.165) is 0 Å². The van der Waals surface area contributed by atoms with Gasteiger partial charge < -0.3 is 20.4 Å². The van der Waals surface area contributed by atoms with Crippen molar-refractivity contribution >= 4 is 11.9 Å². The number of nitrogens with two attached hydrogens (primary N) is 1. The normalized spacial score (nSPS) is 13.4. The number of ether oxygens (including phenoxy) is 1. The lowest BCUT2D eigenvalue weighted by Crippen LogP contribution is -2.35. The average Bonchev–Trinajstić information content (AvgIpc) is 1.77. The number of rotatable bonds is 4. The molecular formula is C9H16NO4-. The van der Waals surface area contributed by atoms with Gasteiger partial charge in [-0.1, -0.05) is 0 Å². The Hall–Kier alpha value is -1.10. The summed E-state index contributed by atoms with van der Waals surface area (Å²) in [5.74, 6) is -1.76. The molecule has 14 heavy (non-hydrogen) atoms. The summed E-state index contributed by atoms with van der Waals surface area (Å²) in [6.45, 7) is 5.19. The number of carboxylic acid groups (broad SMARTS) is 1. The van der Waals surface area contributed by atoms with Crippen molar-refractivity contribution in [2.75, 3.05) is 0 Å². The summed E-state index contributed by atoms with van der Waals surface area (Å²) in [7, 11) is 0. The molecule has 0 aliphatic rings. The standard InChI is InChI=1S/C9H17NO4/c1-9(2,3)14-8(13)5-6(10)4-7(11)12/h6H,4-5,10H2,1-3H3,(H,11,12)/p-1. The molecule has 0 saturated carbocycles. The number of carboxylic acids is 1. The summed E-state index contributed by atoms with van der Waals surface area (Å²) < 4.78 is 4.96. The third-order valence-corrected chi connectivity index (χ3v) is 1.28. The highest BCUT2D eigenvalue weighted by atomic mass is 16.6. The van der Waals surface area contributed by atoms with Gasteiger partial charge in [0.2, 0.25) is 0 Å². The van der Waals surface area contributed by atoms with E-state index in [0.29, 0.717) is 0 Å². The molecule has 0 heterocycles. The zero-order chi connectivity index (χ0) is 11.4. The van der Waals surface area contributed by atoms with E-state index < -0.39 is 23.6 Å². The van der Waals surface area contributed by atoms with E-state index in [1.54, 1.807) is 20.8 Å². The van der Waals surface area contributed by atoms with Crippen molar-refractivity contribution in [3.05, 3.63) is 0 Å². The molecule has 0 aromatic heterocycles. The molecule has 1 atom stereocenters. The summed E-state index contributed by atoms with van der Waals surface area (Å²) in [6, 6.07) is -0.741. The van der Waals surface area contributed by atoms with Crippen LogP contribution in [-0.2, 0) is 14.3 Å². The first-order valence-electron chi connectivity index (χ1n) is 4.38. The molecule has 0 rings (SSSR count). The molecule has 0 aromatic carbocycles. The second-order valence-corrected chi connectivity index (χ2v) is 4.13. The van der Waals surface area contributed by atoms with E-state index >= 15 is 0 Å². The van der Waals surface area contributed by atoms with Gasteiger partial charge in [0.1, 0.15) is 5.60 Å². The Kier molecular flexibility index (Phi) is 4.56. The minimum atomic E-state index is -1.26. The van der Waals surface area contributed by atoms with Crippen LogP contribution in [0.1, 0.15) is 33.6 Å². The summed E-state index contributed by atoms with van der Waals surface area (Å²) in [5.41, 5.74) is 4.80. The van der Waals surface area contributed by atoms with Gasteiger partial charge in [-0.15, -0.1) is 0 Å². The second kappa shape index (κ2) is 4.95. The zero-order valence-electron chi connectivity index (χ0n) is 8.70. The number of carbonyl (C=O) groups excluding carboxylic acids is 2. The van der Waals surface area contributed by atoms with Crippen LogP contribution in [0.4, 0.5) is 0 Å². The van der Waals surface area contributed by atoms with Crippen LogP contribution in [0.15, 0.2) is 0 Å². The SMILES string of the molecule is CC(C)(C)OC(=O)CC(N)CC(=O)[O-]. The fraction of sp³-hybridized carbons (Fsp3) is 0.778. The number of aliphatic carboxylic acids is 1. The van der Waals surface area contributed by atoms with Crippen LogP contribution in [-0.4, -0.2) is 23.6 Å². The summed E-state index contributed by atoms with van der Waals surface area (Å²) in [6.07, 6.45) is -0.440. The van der Waals surface area contributed by atoms with Crippen molar-refractivity contribution < 1.29 is 19.4 Å². The first-order valence-corrected chi connectivity index (χ1v) is 4.38. The van der Waals surface area contributed by atoms with E-state index in [4.69, 9.17) is 10.5 Å². The highest BCUT2D eigenvalue weighted by molar-refractivity contribution is 5.72. The quantitative estimate of drug-likeness (QED) is 0.601. The fourth-order valence-corrected chi connectivity index (χ4v) is 0.883. The van der Waals surface area contributed by atoms with Gasteiger partial charge in [-0.25, -0.2) is 0 Å². The van der Waals surface area contributed by atoms with Gasteiger partial charge in [0.15, 0.2) is 0 Å². The van der Waals surface area contributed by atoms with Crippen molar-refractivity contribution in [1.29, 1.82) is 0 Å². The van der Waals surface area contributed by atoms with Gasteiger partial charge in [0.25, 0.3) is 0 Å². The third kappa shape index (κ3) is 7.54. The molecule has 0 bridgehead atoms. The van der Waals surface area contributed by atoms with Gasteiger partial charge in [0, 0.05) is 18.4 Å². The van der Waals surface area contributed by atoms with Crippen LogP contribution in [0.5, 0.6) is 0 Å². The van der Waals surface area contributed by atoms with Crippen molar-refractivity contribution in [2.45, 2.75) is 45.3 Å². The molecule has 0 spiro atoms. The predicted octanol–water partition coefficient (Wildman–Crippen LogP) is -0.814. The highest BCUT2D eigenvalue weighted by Gasteiger charge is 2.18. The van der Waals surface area contributed by atoms with Gasteiger partial charge in [-0.3, -0.25) is 4.79 Å². The topological polar surface area (TPSA) is 92.5 Å². The Balaban J connectivity index is 3.89. The number of carbonyl (C=O) groups is 2. The molecule has 0 saturated heterocycles. The Bertz CT molecular complexity index is 219. The van der Waals surface area contributed by atoms with E-state index in [-0.39, 0.29) is 12.8 Å². The largest absolute Gasteiger partial charge is 0.550 e. The fourth-order valence-electron chi connectivity index (χ4n) is 0.883. The van der Waals surface area contributed by atoms with Crippen LogP contribution in [0.25, 0.3) is 0 Å². The summed E-state index contributed by atoms with van der Waals surface area (Å²) in [5, 5.41) is 10.1. The average molecular weight is 202 g/mol. The van der Waals surface area contributed by atoms with E-state index in [1.165, 1.54) is 0 Å². The van der Waals surface area contributed by atoms with Crippen LogP contribution >= 0.6 is 0 Å². The minimum absolute atomic E-state index is 0.106. The maximum absolute atomic E-state index is 11.1. The number of hydrogen-bond acceptors (Lipinski definition) is 5. The van der Waals surface area contributed by atoms with Crippen LogP contribution in [0.2, 0.25) is 0 Å². The Morgan fingerprint density at radius 2 is 1.86 bits per heavy atom. The van der Waals surface area contributed by atoms with Crippen LogP contribution < -0.4 is 10.8 Å². The van der Waals surface area contributed by atoms with E-state index in [1.807, 2.05) is 0 Å². The Morgan fingerprint density at radius 1 is 1.36 bits per heavy atom. The lowest BCUT2D eigenvalue weighted by atomic mass is 10.1. The lowest BCUT2D eigenvalue weighted by Gasteiger charge is -2.20. The maximum Gasteiger partial charge on any atom is 0.307 e. The third-order valence-electron chi connectivity index (χ3n) is 1.28. The van der Waals surface area contributed by atoms with Gasteiger partial charge >= 0.3 is 5.97 Å². The smallest absolute Gasteiger partial charge is 0.307 e. The van der Waals surface area contributed by atoms with Crippen molar-refractivity contribution in [1.82, 2.24) is 0 Å². The molecule has 82 valence electrons. The highest BCUT2D eigenvalue weighted by Crippen LogP contribution is 2.09.